The molecule has 1 heterocycles. The van der Waals surface area contributed by atoms with Gasteiger partial charge in [-0.1, -0.05) is 23.4 Å². The van der Waals surface area contributed by atoms with Gasteiger partial charge in [0.1, 0.15) is 16.5 Å². The summed E-state index contributed by atoms with van der Waals surface area (Å²) in [5.41, 5.74) is 2.01. The van der Waals surface area contributed by atoms with Crippen LogP contribution >= 0.6 is 11.8 Å². The fourth-order valence-electron chi connectivity index (χ4n) is 3.71. The summed E-state index contributed by atoms with van der Waals surface area (Å²) in [7, 11) is 4.70. The first-order chi connectivity index (χ1) is 17.4. The van der Waals surface area contributed by atoms with Crippen LogP contribution in [0.25, 0.3) is 22.0 Å². The van der Waals surface area contributed by atoms with E-state index in [9.17, 15) is 14.7 Å². The van der Waals surface area contributed by atoms with Crippen molar-refractivity contribution in [2.45, 2.75) is 23.1 Å². The van der Waals surface area contributed by atoms with Crippen LogP contribution in [-0.4, -0.2) is 52.6 Å². The third-order valence-electron chi connectivity index (χ3n) is 5.66. The average Bonchev–Trinajstić information content (AvgIpc) is 2.91. The van der Waals surface area contributed by atoms with E-state index in [4.69, 9.17) is 14.2 Å². The number of aromatic nitrogens is 3. The zero-order chi connectivity index (χ0) is 25.7. The molecule has 0 saturated heterocycles. The molecule has 10 heteroatoms. The van der Waals surface area contributed by atoms with Crippen molar-refractivity contribution in [3.63, 3.8) is 0 Å². The van der Waals surface area contributed by atoms with Crippen LogP contribution < -0.4 is 19.8 Å². The normalized spacial score (nSPS) is 11.8. The monoisotopic (exact) mass is 507 g/mol. The molecule has 4 aromatic rings. The first kappa shape index (κ1) is 25.1. The van der Waals surface area contributed by atoms with Crippen molar-refractivity contribution < 1.29 is 24.1 Å². The van der Waals surface area contributed by atoms with Crippen LogP contribution in [0, 0.1) is 0 Å². The molecule has 36 heavy (non-hydrogen) atoms. The molecule has 1 unspecified atom stereocenters. The summed E-state index contributed by atoms with van der Waals surface area (Å²) >= 11 is 1.22. The minimum atomic E-state index is -0.962. The predicted molar refractivity (Wildman–Crippen MR) is 137 cm³/mol. The van der Waals surface area contributed by atoms with E-state index < -0.39 is 11.2 Å². The average molecular weight is 508 g/mol. The number of hydrogen-bond acceptors (Lipinski definition) is 8. The molecule has 9 nitrogen and oxygen atoms in total. The first-order valence-corrected chi connectivity index (χ1v) is 11.9. The lowest BCUT2D eigenvalue weighted by atomic mass is 10.1. The number of fused-ring (bicyclic) bond motifs is 1. The largest absolute Gasteiger partial charge is 0.497 e. The Labute approximate surface area is 211 Å². The van der Waals surface area contributed by atoms with E-state index in [1.807, 2.05) is 42.5 Å². The van der Waals surface area contributed by atoms with Crippen LogP contribution in [0.5, 0.6) is 17.2 Å². The summed E-state index contributed by atoms with van der Waals surface area (Å²) in [6.07, 6.45) is 0.202. The highest BCUT2D eigenvalue weighted by atomic mass is 32.2. The highest BCUT2D eigenvalue weighted by Gasteiger charge is 2.20. The Morgan fingerprint density at radius 3 is 2.33 bits per heavy atom. The zero-order valence-corrected chi connectivity index (χ0v) is 20.8. The third kappa shape index (κ3) is 5.44. The molecule has 186 valence electrons. The van der Waals surface area contributed by atoms with Crippen molar-refractivity contribution in [1.82, 2.24) is 15.0 Å². The highest BCUT2D eigenvalue weighted by Crippen LogP contribution is 2.34. The van der Waals surface area contributed by atoms with Crippen LogP contribution in [0.4, 0.5) is 0 Å². The molecule has 0 aliphatic carbocycles. The number of aryl methyl sites for hydroxylation is 1. The number of benzene rings is 3. The number of carboxylic acids is 1. The number of rotatable bonds is 10. The Kier molecular flexibility index (Phi) is 7.74. The Bertz CT molecular complexity index is 1440. The van der Waals surface area contributed by atoms with E-state index in [0.717, 1.165) is 16.0 Å². The molecule has 1 N–H and O–H groups in total. The lowest BCUT2D eigenvalue weighted by molar-refractivity contribution is -0.136. The van der Waals surface area contributed by atoms with Crippen LogP contribution in [-0.2, 0) is 11.3 Å². The van der Waals surface area contributed by atoms with Gasteiger partial charge in [0.15, 0.2) is 11.5 Å². The predicted octanol–water partition coefficient (Wildman–Crippen LogP) is 4.12. The van der Waals surface area contributed by atoms with Gasteiger partial charge in [0.2, 0.25) is 0 Å². The molecule has 3 aromatic carbocycles. The van der Waals surface area contributed by atoms with Crippen LogP contribution in [0.2, 0.25) is 0 Å². The number of hydrogen-bond donors (Lipinski definition) is 1. The highest BCUT2D eigenvalue weighted by molar-refractivity contribution is 8.00. The standard InChI is InChI=1S/C26H25N3O6S/c1-33-18-7-10-20-21(15-18)27-28-29(25(20)30)13-12-24(26(31)32)36-19-8-4-16(5-9-19)17-6-11-22(34-2)23(14-17)35-3/h4-11,14-15,24H,12-13H2,1-3H3,(H,31,32). The lowest BCUT2D eigenvalue weighted by Gasteiger charge is -2.13. The number of nitrogens with zero attached hydrogens (tertiary/aromatic N) is 3. The smallest absolute Gasteiger partial charge is 0.317 e. The number of aliphatic carboxylic acids is 1. The molecule has 0 aliphatic heterocycles. The van der Waals surface area contributed by atoms with Gasteiger partial charge in [0.05, 0.1) is 26.7 Å². The number of methoxy groups -OCH3 is 3. The van der Waals surface area contributed by atoms with Gasteiger partial charge in [-0.3, -0.25) is 9.59 Å². The number of ether oxygens (including phenoxy) is 3. The van der Waals surface area contributed by atoms with Gasteiger partial charge in [0, 0.05) is 17.5 Å². The van der Waals surface area contributed by atoms with Gasteiger partial charge in [-0.2, -0.15) is 0 Å². The van der Waals surface area contributed by atoms with Crippen LogP contribution in [0.15, 0.2) is 70.4 Å². The fraction of sp³-hybridized carbons (Fsp3) is 0.231. The molecule has 0 fully saturated rings. The van der Waals surface area contributed by atoms with Crippen LogP contribution in [0.1, 0.15) is 6.42 Å². The molecular formula is C26H25N3O6S. The van der Waals surface area contributed by atoms with E-state index >= 15 is 0 Å². The maximum absolute atomic E-state index is 12.8. The van der Waals surface area contributed by atoms with E-state index in [-0.39, 0.29) is 18.5 Å². The van der Waals surface area contributed by atoms with Gasteiger partial charge >= 0.3 is 5.97 Å². The van der Waals surface area contributed by atoms with Crippen LogP contribution in [0.3, 0.4) is 0 Å². The van der Waals surface area contributed by atoms with Gasteiger partial charge in [-0.15, -0.1) is 16.9 Å². The van der Waals surface area contributed by atoms with Crippen molar-refractivity contribution in [2.75, 3.05) is 21.3 Å². The van der Waals surface area contributed by atoms with Crippen molar-refractivity contribution in [2.24, 2.45) is 0 Å². The van der Waals surface area contributed by atoms with Gasteiger partial charge < -0.3 is 19.3 Å². The zero-order valence-electron chi connectivity index (χ0n) is 20.0. The van der Waals surface area contributed by atoms with Gasteiger partial charge in [-0.05, 0) is 53.9 Å². The molecule has 0 bridgehead atoms. The Balaban J connectivity index is 1.46. The molecule has 0 amide bonds. The Morgan fingerprint density at radius 1 is 0.944 bits per heavy atom. The van der Waals surface area contributed by atoms with Crippen molar-refractivity contribution in [3.05, 3.63) is 71.0 Å². The second-order valence-electron chi connectivity index (χ2n) is 7.83. The van der Waals surface area contributed by atoms with Gasteiger partial charge in [-0.25, -0.2) is 4.68 Å². The second kappa shape index (κ2) is 11.1. The fourth-order valence-corrected chi connectivity index (χ4v) is 4.65. The molecule has 1 atom stereocenters. The number of thioether (sulfide) groups is 1. The van der Waals surface area contributed by atoms with Crippen molar-refractivity contribution in [3.8, 4) is 28.4 Å². The van der Waals surface area contributed by atoms with E-state index in [1.54, 1.807) is 32.4 Å². The molecule has 0 spiro atoms. The summed E-state index contributed by atoms with van der Waals surface area (Å²) in [4.78, 5) is 25.5. The summed E-state index contributed by atoms with van der Waals surface area (Å²) in [6.45, 7) is 0.126. The number of carboxylic acid groups (broad SMARTS) is 1. The second-order valence-corrected chi connectivity index (χ2v) is 9.10. The maximum Gasteiger partial charge on any atom is 0.317 e. The van der Waals surface area contributed by atoms with E-state index in [2.05, 4.69) is 10.3 Å². The Morgan fingerprint density at radius 2 is 1.67 bits per heavy atom. The van der Waals surface area contributed by atoms with Crippen molar-refractivity contribution >= 4 is 28.6 Å². The molecule has 0 radical (unpaired) electrons. The topological polar surface area (TPSA) is 113 Å². The molecule has 0 aliphatic rings. The summed E-state index contributed by atoms with van der Waals surface area (Å²) < 4.78 is 17.0. The molecule has 4 rings (SSSR count). The first-order valence-electron chi connectivity index (χ1n) is 11.1. The van der Waals surface area contributed by atoms with E-state index in [1.165, 1.54) is 23.6 Å². The summed E-state index contributed by atoms with van der Waals surface area (Å²) in [5, 5.41) is 17.4. The molecule has 1 aromatic heterocycles. The molecular weight excluding hydrogens is 482 g/mol. The van der Waals surface area contributed by atoms with E-state index in [0.29, 0.717) is 28.2 Å². The Hall–Kier alpha value is -4.05. The minimum absolute atomic E-state index is 0.126. The van der Waals surface area contributed by atoms with Crippen molar-refractivity contribution in [1.29, 1.82) is 0 Å². The minimum Gasteiger partial charge on any atom is -0.497 e. The third-order valence-corrected chi connectivity index (χ3v) is 6.92. The maximum atomic E-state index is 12.8. The lowest BCUT2D eigenvalue weighted by Crippen LogP contribution is -2.27. The number of carbonyl (C=O) groups is 1. The molecule has 0 saturated carbocycles. The summed E-state index contributed by atoms with van der Waals surface area (Å²) in [6, 6.07) is 18.2. The van der Waals surface area contributed by atoms with Gasteiger partial charge in [0.25, 0.3) is 5.56 Å². The SMILES string of the molecule is COc1ccc2c(=O)n(CCC(Sc3ccc(-c4ccc(OC)c(OC)c4)cc3)C(=O)O)nnc2c1. The summed E-state index contributed by atoms with van der Waals surface area (Å²) in [5.74, 6) is 0.891. The quantitative estimate of drug-likeness (QED) is 0.317.